The van der Waals surface area contributed by atoms with Crippen LogP contribution in [-0.2, 0) is 6.42 Å². The van der Waals surface area contributed by atoms with Crippen molar-refractivity contribution >= 4 is 26.5 Å². The van der Waals surface area contributed by atoms with Crippen molar-refractivity contribution in [3.63, 3.8) is 0 Å². The van der Waals surface area contributed by atoms with Crippen LogP contribution in [0.1, 0.15) is 18.3 Å². The minimum atomic E-state index is 0.120. The first kappa shape index (κ1) is 6.70. The summed E-state index contributed by atoms with van der Waals surface area (Å²) in [5, 5.41) is 0. The first-order chi connectivity index (χ1) is 4.79. The molecule has 0 nitrogen and oxygen atoms in total. The van der Waals surface area contributed by atoms with Gasteiger partial charge in [0.05, 0.1) is 0 Å². The summed E-state index contributed by atoms with van der Waals surface area (Å²) >= 11 is 0.120. The van der Waals surface area contributed by atoms with Crippen LogP contribution in [0.2, 0.25) is 0 Å². The topological polar surface area (TPSA) is 0 Å². The van der Waals surface area contributed by atoms with E-state index in [1.807, 2.05) is 0 Å². The van der Waals surface area contributed by atoms with Gasteiger partial charge in [-0.3, -0.25) is 0 Å². The van der Waals surface area contributed by atoms with E-state index in [4.69, 9.17) is 0 Å². The van der Waals surface area contributed by atoms with Gasteiger partial charge in [-0.05, 0) is 0 Å². The number of rotatable bonds is 0. The second-order valence-electron chi connectivity index (χ2n) is 2.71. The average molecular weight is 246 g/mol. The van der Waals surface area contributed by atoms with E-state index in [-0.39, 0.29) is 20.4 Å². The van der Waals surface area contributed by atoms with Gasteiger partial charge >= 0.3 is 71.1 Å². The number of allylic oxidation sites excluding steroid dienone is 1. The molecular formula is C9H10Te. The van der Waals surface area contributed by atoms with Gasteiger partial charge < -0.3 is 0 Å². The molecular weight excluding hydrogens is 236 g/mol. The fourth-order valence-corrected chi connectivity index (χ4v) is 4.59. The van der Waals surface area contributed by atoms with Crippen LogP contribution < -0.4 is 0 Å². The van der Waals surface area contributed by atoms with Gasteiger partial charge in [0, 0.05) is 0 Å². The summed E-state index contributed by atoms with van der Waals surface area (Å²) < 4.78 is 3.40. The zero-order valence-electron chi connectivity index (χ0n) is 6.27. The Morgan fingerprint density at radius 3 is 2.80 bits per heavy atom. The van der Waals surface area contributed by atoms with Gasteiger partial charge in [-0.15, -0.1) is 0 Å². The summed E-state index contributed by atoms with van der Waals surface area (Å²) in [6.07, 6.45) is 5.79. The molecule has 0 aliphatic heterocycles. The molecule has 1 aromatic heterocycles. The average Bonchev–Trinajstić information content (AvgIpc) is 2.39. The zero-order chi connectivity index (χ0) is 7.14. The van der Waals surface area contributed by atoms with Crippen molar-refractivity contribution in [1.82, 2.24) is 0 Å². The summed E-state index contributed by atoms with van der Waals surface area (Å²) in [5.41, 5.74) is 3.24. The van der Waals surface area contributed by atoms with Crippen molar-refractivity contribution in [1.29, 1.82) is 0 Å². The number of hydrogen-bond donors (Lipinski definition) is 0. The van der Waals surface area contributed by atoms with Gasteiger partial charge in [0.2, 0.25) is 0 Å². The number of fused-ring (bicyclic) bond motifs is 1. The van der Waals surface area contributed by atoms with E-state index in [1.54, 1.807) is 18.3 Å². The van der Waals surface area contributed by atoms with Crippen molar-refractivity contribution in [3.8, 4) is 0 Å². The standard InChI is InChI=1S/C9H10Te/c1-6-8-4-3-5-9(8)7(2)10-6/h3-4H,5H2,1-2H3. The molecule has 0 atom stereocenters. The van der Waals surface area contributed by atoms with Crippen LogP contribution in [0.3, 0.4) is 0 Å². The molecule has 1 aliphatic rings. The minimum absolute atomic E-state index is 0.120. The normalized spacial score (nSPS) is 14.2. The van der Waals surface area contributed by atoms with E-state index in [9.17, 15) is 0 Å². The van der Waals surface area contributed by atoms with Crippen LogP contribution in [-0.4, -0.2) is 20.4 Å². The van der Waals surface area contributed by atoms with Gasteiger partial charge in [0.15, 0.2) is 0 Å². The second kappa shape index (κ2) is 2.26. The first-order valence-corrected chi connectivity index (χ1v) is 5.87. The fraction of sp³-hybridized carbons (Fsp3) is 0.333. The molecule has 1 heteroatoms. The maximum absolute atomic E-state index is 2.31. The summed E-state index contributed by atoms with van der Waals surface area (Å²) in [4.78, 5) is 0. The Kier molecular flexibility index (Phi) is 1.51. The molecule has 1 aliphatic carbocycles. The Balaban J connectivity index is 2.70. The third-order valence-electron chi connectivity index (χ3n) is 2.04. The predicted molar refractivity (Wildman–Crippen MR) is 45.6 cm³/mol. The molecule has 52 valence electrons. The molecule has 0 unspecified atom stereocenters. The Hall–Kier alpha value is 0.00961. The molecule has 0 aromatic carbocycles. The quantitative estimate of drug-likeness (QED) is 0.613. The molecule has 0 fully saturated rings. The van der Waals surface area contributed by atoms with E-state index >= 15 is 0 Å². The van der Waals surface area contributed by atoms with Crippen LogP contribution >= 0.6 is 0 Å². The molecule has 0 bridgehead atoms. The third kappa shape index (κ3) is 0.812. The molecule has 0 spiro atoms. The van der Waals surface area contributed by atoms with E-state index in [0.29, 0.717) is 0 Å². The Morgan fingerprint density at radius 2 is 2.10 bits per heavy atom. The van der Waals surface area contributed by atoms with Crippen LogP contribution in [0, 0.1) is 13.8 Å². The van der Waals surface area contributed by atoms with Crippen molar-refractivity contribution < 1.29 is 0 Å². The van der Waals surface area contributed by atoms with Crippen molar-refractivity contribution in [3.05, 3.63) is 24.4 Å². The summed E-state index contributed by atoms with van der Waals surface area (Å²) in [5.74, 6) is 0. The van der Waals surface area contributed by atoms with E-state index in [1.165, 1.54) is 6.42 Å². The van der Waals surface area contributed by atoms with Gasteiger partial charge in [-0.2, -0.15) is 0 Å². The molecule has 0 saturated heterocycles. The SMILES string of the molecule is Cc1[te]c(C)c2c1C=CC2. The summed E-state index contributed by atoms with van der Waals surface area (Å²) in [6.45, 7) is 4.60. The first-order valence-electron chi connectivity index (χ1n) is 3.54. The van der Waals surface area contributed by atoms with Crippen LogP contribution in [0.5, 0.6) is 0 Å². The van der Waals surface area contributed by atoms with Gasteiger partial charge in [-0.25, -0.2) is 0 Å². The van der Waals surface area contributed by atoms with Gasteiger partial charge in [-0.1, -0.05) is 0 Å². The third-order valence-corrected chi connectivity index (χ3v) is 5.12. The number of hydrogen-bond acceptors (Lipinski definition) is 0. The molecule has 0 saturated carbocycles. The predicted octanol–water partition coefficient (Wildman–Crippen LogP) is 1.93. The van der Waals surface area contributed by atoms with Gasteiger partial charge in [0.25, 0.3) is 0 Å². The van der Waals surface area contributed by atoms with Crippen molar-refractivity contribution in [2.24, 2.45) is 0 Å². The Bertz CT molecular complexity index is 292. The molecule has 0 radical (unpaired) electrons. The molecule has 1 aromatic rings. The molecule has 2 rings (SSSR count). The Morgan fingerprint density at radius 1 is 1.30 bits per heavy atom. The Labute approximate surface area is 71.2 Å². The van der Waals surface area contributed by atoms with Crippen molar-refractivity contribution in [2.45, 2.75) is 20.3 Å². The summed E-state index contributed by atoms with van der Waals surface area (Å²) in [7, 11) is 0. The van der Waals surface area contributed by atoms with E-state index in [2.05, 4.69) is 26.0 Å². The van der Waals surface area contributed by atoms with Crippen LogP contribution in [0.15, 0.2) is 6.08 Å². The summed E-state index contributed by atoms with van der Waals surface area (Å²) in [6, 6.07) is 0. The second-order valence-corrected chi connectivity index (χ2v) is 6.79. The van der Waals surface area contributed by atoms with Crippen molar-refractivity contribution in [2.75, 3.05) is 0 Å². The molecule has 0 amide bonds. The molecule has 0 N–H and O–H groups in total. The maximum atomic E-state index is 2.31. The van der Waals surface area contributed by atoms with E-state index in [0.717, 1.165) is 0 Å². The zero-order valence-corrected chi connectivity index (χ0v) is 8.60. The molecule has 10 heavy (non-hydrogen) atoms. The van der Waals surface area contributed by atoms with E-state index < -0.39 is 0 Å². The fourth-order valence-electron chi connectivity index (χ4n) is 1.51. The number of aryl methyl sites for hydroxylation is 2. The molecule has 1 heterocycles. The van der Waals surface area contributed by atoms with Crippen LogP contribution in [0.4, 0.5) is 0 Å². The van der Waals surface area contributed by atoms with Crippen LogP contribution in [0.25, 0.3) is 6.08 Å². The monoisotopic (exact) mass is 248 g/mol. The van der Waals surface area contributed by atoms with Gasteiger partial charge in [0.1, 0.15) is 0 Å².